The number of aliphatic hydroxyl groups is 2. The van der Waals surface area contributed by atoms with Gasteiger partial charge in [-0.2, -0.15) is 12.6 Å². The van der Waals surface area contributed by atoms with Gasteiger partial charge >= 0.3 is 5.97 Å². The predicted molar refractivity (Wildman–Crippen MR) is 65.9 cm³/mol. The van der Waals surface area contributed by atoms with E-state index in [4.69, 9.17) is 5.11 Å². The highest BCUT2D eigenvalue weighted by molar-refractivity contribution is 9.10. The van der Waals surface area contributed by atoms with Gasteiger partial charge in [0.2, 0.25) is 0 Å². The summed E-state index contributed by atoms with van der Waals surface area (Å²) in [5.74, 6) is -1.10. The normalized spacial score (nSPS) is 14.5. The van der Waals surface area contributed by atoms with E-state index >= 15 is 0 Å². The van der Waals surface area contributed by atoms with Crippen molar-refractivity contribution >= 4 is 34.5 Å². The number of halogens is 1. The molecule has 0 radical (unpaired) electrons. The van der Waals surface area contributed by atoms with Crippen LogP contribution in [0.25, 0.3) is 0 Å². The molecule has 1 aromatic carbocycles. The van der Waals surface area contributed by atoms with Crippen molar-refractivity contribution in [2.24, 2.45) is 0 Å². The molecule has 88 valence electrons. The molecule has 1 aromatic rings. The average Bonchev–Trinajstić information content (AvgIpc) is 2.26. The molecule has 2 atom stereocenters. The smallest absolute Gasteiger partial charge is 0.336 e. The predicted octanol–water partition coefficient (Wildman–Crippen LogP) is 1.47. The lowest BCUT2D eigenvalue weighted by Crippen LogP contribution is -2.22. The molecule has 0 aliphatic rings. The van der Waals surface area contributed by atoms with Crippen molar-refractivity contribution in [3.63, 3.8) is 0 Å². The Morgan fingerprint density at radius 3 is 2.56 bits per heavy atom. The number of carboxylic acids is 1. The number of thiol groups is 1. The summed E-state index contributed by atoms with van der Waals surface area (Å²) in [6.45, 7) is 0. The molecule has 0 fully saturated rings. The number of aliphatic hydroxyl groups excluding tert-OH is 2. The zero-order chi connectivity index (χ0) is 12.3. The molecule has 0 heterocycles. The van der Waals surface area contributed by atoms with E-state index in [9.17, 15) is 15.0 Å². The van der Waals surface area contributed by atoms with Crippen LogP contribution in [-0.4, -0.2) is 33.1 Å². The molecule has 0 aromatic heterocycles. The summed E-state index contributed by atoms with van der Waals surface area (Å²) in [5.41, 5.74) is 0.139. The fourth-order valence-corrected chi connectivity index (χ4v) is 1.86. The largest absolute Gasteiger partial charge is 0.478 e. The first kappa shape index (κ1) is 13.5. The van der Waals surface area contributed by atoms with Gasteiger partial charge in [0, 0.05) is 10.2 Å². The third kappa shape index (κ3) is 2.98. The van der Waals surface area contributed by atoms with Crippen LogP contribution < -0.4 is 0 Å². The Kier molecular flexibility index (Phi) is 4.79. The lowest BCUT2D eigenvalue weighted by atomic mass is 9.99. The summed E-state index contributed by atoms with van der Waals surface area (Å²) < 4.78 is 0.637. The van der Waals surface area contributed by atoms with Gasteiger partial charge in [-0.25, -0.2) is 4.79 Å². The number of hydrogen-bond donors (Lipinski definition) is 4. The van der Waals surface area contributed by atoms with E-state index in [2.05, 4.69) is 28.6 Å². The Hall–Kier alpha value is -0.560. The summed E-state index contributed by atoms with van der Waals surface area (Å²) in [5, 5.41) is 28.1. The quantitative estimate of drug-likeness (QED) is 0.635. The highest BCUT2D eigenvalue weighted by Gasteiger charge is 2.22. The summed E-state index contributed by atoms with van der Waals surface area (Å²) in [6.07, 6.45) is -2.36. The Bertz CT molecular complexity index is 396. The summed E-state index contributed by atoms with van der Waals surface area (Å²) in [6, 6.07) is 4.41. The van der Waals surface area contributed by atoms with E-state index < -0.39 is 18.2 Å². The summed E-state index contributed by atoms with van der Waals surface area (Å²) in [4.78, 5) is 10.9. The van der Waals surface area contributed by atoms with Crippen LogP contribution in [0.4, 0.5) is 0 Å². The van der Waals surface area contributed by atoms with Gasteiger partial charge in [0.05, 0.1) is 11.7 Å². The maximum atomic E-state index is 10.9. The second-order valence-corrected chi connectivity index (χ2v) is 4.51. The fourth-order valence-electron chi connectivity index (χ4n) is 1.28. The van der Waals surface area contributed by atoms with Gasteiger partial charge in [-0.05, 0) is 23.8 Å². The van der Waals surface area contributed by atoms with Gasteiger partial charge in [0.15, 0.2) is 0 Å². The standard InChI is InChI=1S/C10H11BrO4S/c11-5-1-2-6(10(14)15)7(3-5)9(13)8(12)4-16/h1-3,8-9,12-13,16H,4H2,(H,14,15). The highest BCUT2D eigenvalue weighted by Crippen LogP contribution is 2.25. The van der Waals surface area contributed by atoms with Crippen LogP contribution in [0.3, 0.4) is 0 Å². The van der Waals surface area contributed by atoms with Crippen LogP contribution in [0, 0.1) is 0 Å². The van der Waals surface area contributed by atoms with Gasteiger partial charge in [-0.3, -0.25) is 0 Å². The molecule has 16 heavy (non-hydrogen) atoms. The lowest BCUT2D eigenvalue weighted by Gasteiger charge is -2.18. The van der Waals surface area contributed by atoms with Gasteiger partial charge in [-0.15, -0.1) is 0 Å². The minimum absolute atomic E-state index is 0.0310. The number of carbonyl (C=O) groups is 1. The van der Waals surface area contributed by atoms with Crippen LogP contribution in [0.2, 0.25) is 0 Å². The molecule has 3 N–H and O–H groups in total. The first-order chi connectivity index (χ1) is 7.47. The third-order valence-electron chi connectivity index (χ3n) is 2.11. The van der Waals surface area contributed by atoms with Crippen LogP contribution in [0.5, 0.6) is 0 Å². The second kappa shape index (κ2) is 5.67. The SMILES string of the molecule is O=C(O)c1ccc(Br)cc1C(O)C(O)CS. The van der Waals surface area contributed by atoms with Crippen molar-refractivity contribution in [1.29, 1.82) is 0 Å². The van der Waals surface area contributed by atoms with Crippen molar-refractivity contribution in [3.05, 3.63) is 33.8 Å². The van der Waals surface area contributed by atoms with Crippen molar-refractivity contribution in [2.75, 3.05) is 5.75 Å². The average molecular weight is 307 g/mol. The number of aromatic carboxylic acids is 1. The first-order valence-electron chi connectivity index (χ1n) is 4.47. The Morgan fingerprint density at radius 2 is 2.06 bits per heavy atom. The van der Waals surface area contributed by atoms with Crippen LogP contribution in [-0.2, 0) is 0 Å². The molecular formula is C10H11BrO4S. The molecule has 0 saturated heterocycles. The van der Waals surface area contributed by atoms with Crippen molar-refractivity contribution in [3.8, 4) is 0 Å². The van der Waals surface area contributed by atoms with Crippen molar-refractivity contribution in [1.82, 2.24) is 0 Å². The summed E-state index contributed by atoms with van der Waals surface area (Å²) in [7, 11) is 0. The molecule has 6 heteroatoms. The molecule has 0 bridgehead atoms. The van der Waals surface area contributed by atoms with Crippen LogP contribution in [0.15, 0.2) is 22.7 Å². The molecule has 0 saturated carbocycles. The molecule has 0 spiro atoms. The van der Waals surface area contributed by atoms with Gasteiger partial charge < -0.3 is 15.3 Å². The second-order valence-electron chi connectivity index (χ2n) is 3.23. The van der Waals surface area contributed by atoms with E-state index in [0.29, 0.717) is 4.47 Å². The lowest BCUT2D eigenvalue weighted by molar-refractivity contribution is 0.0322. The molecular weight excluding hydrogens is 296 g/mol. The van der Waals surface area contributed by atoms with Crippen molar-refractivity contribution in [2.45, 2.75) is 12.2 Å². The molecule has 2 unspecified atom stereocenters. The monoisotopic (exact) mass is 306 g/mol. The van der Waals surface area contributed by atoms with Gasteiger partial charge in [0.1, 0.15) is 6.10 Å². The molecule has 4 nitrogen and oxygen atoms in total. The van der Waals surface area contributed by atoms with Crippen LogP contribution >= 0.6 is 28.6 Å². The van der Waals surface area contributed by atoms with Crippen molar-refractivity contribution < 1.29 is 20.1 Å². The van der Waals surface area contributed by atoms with Gasteiger partial charge in [0.25, 0.3) is 0 Å². The van der Waals surface area contributed by atoms with Gasteiger partial charge in [-0.1, -0.05) is 15.9 Å². The Balaban J connectivity index is 3.19. The Morgan fingerprint density at radius 1 is 1.44 bits per heavy atom. The number of hydrogen-bond acceptors (Lipinski definition) is 4. The minimum Gasteiger partial charge on any atom is -0.478 e. The number of benzene rings is 1. The van der Waals surface area contributed by atoms with E-state index in [1.165, 1.54) is 12.1 Å². The topological polar surface area (TPSA) is 77.8 Å². The van der Waals surface area contributed by atoms with Crippen LogP contribution in [0.1, 0.15) is 22.0 Å². The molecule has 1 rings (SSSR count). The maximum absolute atomic E-state index is 10.9. The van der Waals surface area contributed by atoms with E-state index in [1.54, 1.807) is 6.07 Å². The highest BCUT2D eigenvalue weighted by atomic mass is 79.9. The molecule has 0 aliphatic carbocycles. The van der Waals surface area contributed by atoms with E-state index in [-0.39, 0.29) is 16.9 Å². The zero-order valence-electron chi connectivity index (χ0n) is 8.17. The van der Waals surface area contributed by atoms with E-state index in [0.717, 1.165) is 0 Å². The zero-order valence-corrected chi connectivity index (χ0v) is 10.6. The Labute approximate surface area is 106 Å². The molecule has 0 amide bonds. The molecule has 0 aliphatic heterocycles. The first-order valence-corrected chi connectivity index (χ1v) is 5.89. The van der Waals surface area contributed by atoms with E-state index in [1.807, 2.05) is 0 Å². The summed E-state index contributed by atoms with van der Waals surface area (Å²) >= 11 is 7.03. The number of rotatable bonds is 4. The minimum atomic E-state index is -1.26. The third-order valence-corrected chi connectivity index (χ3v) is 2.98. The number of carboxylic acid groups (broad SMARTS) is 1. The maximum Gasteiger partial charge on any atom is 0.336 e. The fraction of sp³-hybridized carbons (Fsp3) is 0.300.